The van der Waals surface area contributed by atoms with Crippen LogP contribution in [0.25, 0.3) is 6.08 Å². The molecule has 0 spiro atoms. The summed E-state index contributed by atoms with van der Waals surface area (Å²) in [6.07, 6.45) is 2.69. The fourth-order valence-corrected chi connectivity index (χ4v) is 1.36. The van der Waals surface area contributed by atoms with Crippen molar-refractivity contribution >= 4 is 23.8 Å². The monoisotopic (exact) mass is 280 g/mol. The van der Waals surface area contributed by atoms with Gasteiger partial charge in [-0.2, -0.15) is 0 Å². The Morgan fingerprint density at radius 3 is 2.70 bits per heavy atom. The zero-order valence-corrected chi connectivity index (χ0v) is 11.6. The van der Waals surface area contributed by atoms with Crippen LogP contribution in [0.1, 0.15) is 12.5 Å². The lowest BCUT2D eigenvalue weighted by Crippen LogP contribution is -2.27. The van der Waals surface area contributed by atoms with Gasteiger partial charge in [0.2, 0.25) is 0 Å². The van der Waals surface area contributed by atoms with E-state index >= 15 is 0 Å². The number of anilines is 1. The minimum atomic E-state index is -0.498. The highest BCUT2D eigenvalue weighted by Gasteiger charge is 2.08. The topological polar surface area (TPSA) is 58.6 Å². The molecule has 2 amide bonds. The Balaban J connectivity index is 2.95. The Hall–Kier alpha value is -2.37. The molecule has 0 saturated carbocycles. The second-order valence-electron chi connectivity index (χ2n) is 4.14. The standard InChI is InChI=1S/C14H17FN2O3/c1-4-20-13(18)8-6-10-5-7-11(15)9-12(10)16-14(19)17(2)3/h5-9H,4H2,1-3H3,(H,16,19). The predicted molar refractivity (Wildman–Crippen MR) is 74.8 cm³/mol. The highest BCUT2D eigenvalue weighted by atomic mass is 19.1. The van der Waals surface area contributed by atoms with Gasteiger partial charge in [-0.1, -0.05) is 0 Å². The molecule has 5 nitrogen and oxygen atoms in total. The van der Waals surface area contributed by atoms with E-state index in [0.717, 1.165) is 0 Å². The van der Waals surface area contributed by atoms with Gasteiger partial charge in [-0.3, -0.25) is 0 Å². The van der Waals surface area contributed by atoms with Crippen LogP contribution in [0.4, 0.5) is 14.9 Å². The number of rotatable bonds is 4. The fraction of sp³-hybridized carbons (Fsp3) is 0.286. The minimum Gasteiger partial charge on any atom is -0.463 e. The van der Waals surface area contributed by atoms with Gasteiger partial charge in [-0.25, -0.2) is 14.0 Å². The van der Waals surface area contributed by atoms with Crippen molar-refractivity contribution in [2.75, 3.05) is 26.0 Å². The lowest BCUT2D eigenvalue weighted by atomic mass is 10.1. The summed E-state index contributed by atoms with van der Waals surface area (Å²) in [7, 11) is 3.14. The second kappa shape index (κ2) is 7.28. The van der Waals surface area contributed by atoms with Crippen LogP contribution >= 0.6 is 0 Å². The summed E-state index contributed by atoms with van der Waals surface area (Å²) >= 11 is 0. The van der Waals surface area contributed by atoms with Gasteiger partial charge in [0.1, 0.15) is 5.82 Å². The molecule has 0 aromatic heterocycles. The van der Waals surface area contributed by atoms with E-state index in [1.807, 2.05) is 0 Å². The highest BCUT2D eigenvalue weighted by molar-refractivity contribution is 5.93. The number of halogens is 1. The number of ether oxygens (including phenoxy) is 1. The number of urea groups is 1. The molecule has 1 aromatic rings. The van der Waals surface area contributed by atoms with Crippen molar-refractivity contribution in [3.63, 3.8) is 0 Å². The maximum absolute atomic E-state index is 13.2. The SMILES string of the molecule is CCOC(=O)C=Cc1ccc(F)cc1NC(=O)N(C)C. The molecule has 0 bridgehead atoms. The van der Waals surface area contributed by atoms with Gasteiger partial charge >= 0.3 is 12.0 Å². The third kappa shape index (κ3) is 4.72. The van der Waals surface area contributed by atoms with E-state index < -0.39 is 11.8 Å². The molecule has 6 heteroatoms. The van der Waals surface area contributed by atoms with Crippen LogP contribution in [-0.2, 0) is 9.53 Å². The van der Waals surface area contributed by atoms with Crippen LogP contribution < -0.4 is 5.32 Å². The van der Waals surface area contributed by atoms with E-state index in [1.165, 1.54) is 35.3 Å². The van der Waals surface area contributed by atoms with Crippen molar-refractivity contribution in [2.45, 2.75) is 6.92 Å². The van der Waals surface area contributed by atoms with Crippen LogP contribution in [0.2, 0.25) is 0 Å². The zero-order chi connectivity index (χ0) is 15.1. The first-order valence-electron chi connectivity index (χ1n) is 6.06. The third-order valence-electron chi connectivity index (χ3n) is 2.35. The Labute approximate surface area is 117 Å². The van der Waals surface area contributed by atoms with Crippen molar-refractivity contribution in [1.29, 1.82) is 0 Å². The first-order chi connectivity index (χ1) is 9.43. The molecule has 0 fully saturated rings. The van der Waals surface area contributed by atoms with Crippen molar-refractivity contribution < 1.29 is 18.7 Å². The molecule has 0 unspecified atom stereocenters. The molecule has 1 N–H and O–H groups in total. The minimum absolute atomic E-state index is 0.275. The molecular weight excluding hydrogens is 263 g/mol. The summed E-state index contributed by atoms with van der Waals surface area (Å²) in [5, 5.41) is 2.55. The first kappa shape index (κ1) is 15.7. The number of esters is 1. The molecule has 0 aliphatic carbocycles. The van der Waals surface area contributed by atoms with Crippen LogP contribution in [0.5, 0.6) is 0 Å². The average Bonchev–Trinajstić information content (AvgIpc) is 2.38. The Morgan fingerprint density at radius 1 is 1.40 bits per heavy atom. The van der Waals surface area contributed by atoms with E-state index in [9.17, 15) is 14.0 Å². The third-order valence-corrected chi connectivity index (χ3v) is 2.35. The Kier molecular flexibility index (Phi) is 5.71. The molecule has 20 heavy (non-hydrogen) atoms. The van der Waals surface area contributed by atoms with Crippen molar-refractivity contribution in [3.8, 4) is 0 Å². The smallest absolute Gasteiger partial charge is 0.330 e. The normalized spacial score (nSPS) is 10.4. The van der Waals surface area contributed by atoms with E-state index in [-0.39, 0.29) is 18.3 Å². The fourth-order valence-electron chi connectivity index (χ4n) is 1.36. The molecule has 0 heterocycles. The number of carbonyl (C=O) groups excluding carboxylic acids is 2. The van der Waals surface area contributed by atoms with Crippen molar-refractivity contribution in [3.05, 3.63) is 35.7 Å². The summed E-state index contributed by atoms with van der Waals surface area (Å²) in [5.41, 5.74) is 0.791. The van der Waals surface area contributed by atoms with Gasteiger partial charge in [0.25, 0.3) is 0 Å². The summed E-state index contributed by atoms with van der Waals surface area (Å²) in [6.45, 7) is 1.98. The number of nitrogens with zero attached hydrogens (tertiary/aromatic N) is 1. The summed E-state index contributed by atoms with van der Waals surface area (Å²) in [6, 6.07) is 3.51. The molecular formula is C14H17FN2O3. The van der Waals surface area contributed by atoms with E-state index in [0.29, 0.717) is 5.56 Å². The number of benzene rings is 1. The molecule has 0 radical (unpaired) electrons. The summed E-state index contributed by atoms with van der Waals surface area (Å²) < 4.78 is 18.0. The van der Waals surface area contributed by atoms with E-state index in [4.69, 9.17) is 4.74 Å². The summed E-state index contributed by atoms with van der Waals surface area (Å²) in [4.78, 5) is 24.2. The number of hydrogen-bond donors (Lipinski definition) is 1. The van der Waals surface area contributed by atoms with Crippen molar-refractivity contribution in [1.82, 2.24) is 4.90 Å². The Morgan fingerprint density at radius 2 is 2.10 bits per heavy atom. The van der Waals surface area contributed by atoms with Crippen LogP contribution in [0.15, 0.2) is 24.3 Å². The van der Waals surface area contributed by atoms with Crippen LogP contribution in [-0.4, -0.2) is 37.6 Å². The van der Waals surface area contributed by atoms with E-state index in [1.54, 1.807) is 21.0 Å². The van der Waals surface area contributed by atoms with Gasteiger partial charge in [0, 0.05) is 20.2 Å². The van der Waals surface area contributed by atoms with Gasteiger partial charge in [0.15, 0.2) is 0 Å². The lowest BCUT2D eigenvalue weighted by Gasteiger charge is -2.13. The molecule has 1 rings (SSSR count). The number of nitrogens with one attached hydrogen (secondary N) is 1. The maximum atomic E-state index is 13.2. The number of hydrogen-bond acceptors (Lipinski definition) is 3. The van der Waals surface area contributed by atoms with Gasteiger partial charge in [-0.15, -0.1) is 0 Å². The van der Waals surface area contributed by atoms with E-state index in [2.05, 4.69) is 5.32 Å². The number of carbonyl (C=O) groups is 2. The Bertz CT molecular complexity index is 527. The molecule has 0 aliphatic heterocycles. The molecule has 0 aliphatic rings. The lowest BCUT2D eigenvalue weighted by molar-refractivity contribution is -0.137. The largest absolute Gasteiger partial charge is 0.463 e. The zero-order valence-electron chi connectivity index (χ0n) is 11.6. The molecule has 0 saturated heterocycles. The quantitative estimate of drug-likeness (QED) is 0.681. The summed E-state index contributed by atoms with van der Waals surface area (Å²) in [5.74, 6) is -0.978. The van der Waals surface area contributed by atoms with Crippen LogP contribution in [0, 0.1) is 5.82 Å². The van der Waals surface area contributed by atoms with Crippen molar-refractivity contribution in [2.24, 2.45) is 0 Å². The first-order valence-corrected chi connectivity index (χ1v) is 6.06. The average molecular weight is 280 g/mol. The molecule has 108 valence electrons. The van der Waals surface area contributed by atoms with Gasteiger partial charge < -0.3 is 15.0 Å². The second-order valence-corrected chi connectivity index (χ2v) is 4.14. The highest BCUT2D eigenvalue weighted by Crippen LogP contribution is 2.19. The van der Waals surface area contributed by atoms with Gasteiger partial charge in [0.05, 0.1) is 12.3 Å². The van der Waals surface area contributed by atoms with Crippen LogP contribution in [0.3, 0.4) is 0 Å². The number of amides is 2. The maximum Gasteiger partial charge on any atom is 0.330 e. The van der Waals surface area contributed by atoms with Gasteiger partial charge in [-0.05, 0) is 36.8 Å². The molecule has 0 atom stereocenters. The molecule has 1 aromatic carbocycles. The predicted octanol–water partition coefficient (Wildman–Crippen LogP) is 2.50.